The van der Waals surface area contributed by atoms with Gasteiger partial charge in [0, 0.05) is 0 Å². The van der Waals surface area contributed by atoms with Gasteiger partial charge in [0.2, 0.25) is 0 Å². The van der Waals surface area contributed by atoms with Crippen LogP contribution in [0, 0.1) is 0 Å². The minimum Gasteiger partial charge on any atom is -0.467 e. The summed E-state index contributed by atoms with van der Waals surface area (Å²) in [5, 5.41) is 11.0. The van der Waals surface area contributed by atoms with E-state index in [0.29, 0.717) is 0 Å². The fraction of sp³-hybridized carbons (Fsp3) is 0.800. The van der Waals surface area contributed by atoms with E-state index >= 15 is 0 Å². The Labute approximate surface area is 99.1 Å². The number of aliphatic hydroxyl groups excluding tert-OH is 1. The van der Waals surface area contributed by atoms with Gasteiger partial charge in [-0.05, 0) is 20.8 Å². The number of rotatable bonds is 4. The predicted octanol–water partition coefficient (Wildman–Crippen LogP) is 0.385. The van der Waals surface area contributed by atoms with Crippen LogP contribution in [0.15, 0.2) is 0 Å². The third-order valence-corrected chi connectivity index (χ3v) is 1.81. The van der Waals surface area contributed by atoms with Crippen LogP contribution in [0.1, 0.15) is 20.8 Å². The van der Waals surface area contributed by atoms with Gasteiger partial charge in [-0.2, -0.15) is 0 Å². The molecule has 17 heavy (non-hydrogen) atoms. The predicted molar refractivity (Wildman–Crippen MR) is 57.2 cm³/mol. The molecule has 0 rings (SSSR count). The van der Waals surface area contributed by atoms with Crippen LogP contribution >= 0.6 is 0 Å². The first-order chi connectivity index (χ1) is 7.70. The van der Waals surface area contributed by atoms with Crippen molar-refractivity contribution in [1.29, 1.82) is 0 Å². The number of ether oxygens (including phenoxy) is 2. The van der Waals surface area contributed by atoms with E-state index in [1.807, 2.05) is 5.32 Å². The van der Waals surface area contributed by atoms with E-state index in [9.17, 15) is 14.0 Å². The fourth-order valence-electron chi connectivity index (χ4n) is 0.980. The van der Waals surface area contributed by atoms with Gasteiger partial charge in [0.1, 0.15) is 12.3 Å². The largest absolute Gasteiger partial charge is 0.467 e. The summed E-state index contributed by atoms with van der Waals surface area (Å²) in [6.45, 7) is 2.62. The van der Waals surface area contributed by atoms with Gasteiger partial charge in [0.25, 0.3) is 0 Å². The van der Waals surface area contributed by atoms with E-state index in [0.717, 1.165) is 7.11 Å². The SMILES string of the molecule is COC(=O)C(CO)(CF)NC(=O)OC(C)(C)C. The Morgan fingerprint density at radius 2 is 1.88 bits per heavy atom. The molecule has 0 aromatic heterocycles. The van der Waals surface area contributed by atoms with Crippen molar-refractivity contribution in [2.24, 2.45) is 0 Å². The Balaban J connectivity index is 4.77. The summed E-state index contributed by atoms with van der Waals surface area (Å²) >= 11 is 0. The van der Waals surface area contributed by atoms with Crippen molar-refractivity contribution >= 4 is 12.1 Å². The first-order valence-corrected chi connectivity index (χ1v) is 4.97. The van der Waals surface area contributed by atoms with Crippen LogP contribution in [-0.4, -0.2) is 48.7 Å². The Morgan fingerprint density at radius 1 is 1.35 bits per heavy atom. The summed E-state index contributed by atoms with van der Waals surface area (Å²) in [5.74, 6) is -1.08. The zero-order valence-corrected chi connectivity index (χ0v) is 10.4. The molecule has 1 amide bonds. The molecule has 0 radical (unpaired) electrons. The molecule has 1 atom stereocenters. The number of alkyl carbamates (subject to hydrolysis) is 1. The number of carbonyl (C=O) groups excluding carboxylic acids is 2. The first-order valence-electron chi connectivity index (χ1n) is 4.97. The number of amides is 1. The van der Waals surface area contributed by atoms with Gasteiger partial charge in [-0.25, -0.2) is 14.0 Å². The van der Waals surface area contributed by atoms with E-state index in [-0.39, 0.29) is 0 Å². The molecule has 0 fully saturated rings. The van der Waals surface area contributed by atoms with Crippen molar-refractivity contribution in [3.05, 3.63) is 0 Å². The number of nitrogens with one attached hydrogen (secondary N) is 1. The second-order valence-electron chi connectivity index (χ2n) is 4.49. The molecule has 0 aliphatic carbocycles. The molecule has 0 spiro atoms. The van der Waals surface area contributed by atoms with Crippen molar-refractivity contribution in [2.75, 3.05) is 20.4 Å². The number of carbonyl (C=O) groups is 2. The molecule has 100 valence electrons. The minimum absolute atomic E-state index is 0.794. The first kappa shape index (κ1) is 15.6. The molecule has 0 aliphatic rings. The van der Waals surface area contributed by atoms with E-state index in [2.05, 4.69) is 4.74 Å². The second kappa shape index (κ2) is 5.81. The number of hydrogen-bond donors (Lipinski definition) is 2. The van der Waals surface area contributed by atoms with Crippen molar-refractivity contribution in [3.8, 4) is 0 Å². The van der Waals surface area contributed by atoms with Crippen LogP contribution in [-0.2, 0) is 14.3 Å². The lowest BCUT2D eigenvalue weighted by molar-refractivity contribution is -0.151. The summed E-state index contributed by atoms with van der Waals surface area (Å²) in [5.41, 5.74) is -2.91. The zero-order chi connectivity index (χ0) is 13.7. The fourth-order valence-corrected chi connectivity index (χ4v) is 0.980. The Bertz CT molecular complexity index is 283. The summed E-state index contributed by atoms with van der Waals surface area (Å²) in [7, 11) is 1.03. The van der Waals surface area contributed by atoms with Gasteiger partial charge in [-0.15, -0.1) is 0 Å². The quantitative estimate of drug-likeness (QED) is 0.706. The molecule has 0 saturated carbocycles. The van der Waals surface area contributed by atoms with Crippen molar-refractivity contribution < 1.29 is 28.6 Å². The summed E-state index contributed by atoms with van der Waals surface area (Å²) in [6, 6.07) is 0. The Morgan fingerprint density at radius 3 is 2.18 bits per heavy atom. The number of esters is 1. The third-order valence-electron chi connectivity index (χ3n) is 1.81. The minimum atomic E-state index is -2.11. The number of methoxy groups -OCH3 is 1. The Hall–Kier alpha value is -1.37. The molecule has 1 unspecified atom stereocenters. The smallest absolute Gasteiger partial charge is 0.408 e. The number of aliphatic hydroxyl groups is 1. The van der Waals surface area contributed by atoms with E-state index < -0.39 is 36.5 Å². The summed E-state index contributed by atoms with van der Waals surface area (Å²) in [6.07, 6.45) is -1.01. The van der Waals surface area contributed by atoms with Gasteiger partial charge in [-0.3, -0.25) is 0 Å². The highest BCUT2D eigenvalue weighted by molar-refractivity contribution is 5.86. The lowest BCUT2D eigenvalue weighted by Crippen LogP contribution is -2.60. The maximum atomic E-state index is 12.8. The number of hydrogen-bond acceptors (Lipinski definition) is 5. The molecule has 0 aliphatic heterocycles. The molecule has 0 bridgehead atoms. The highest BCUT2D eigenvalue weighted by atomic mass is 19.1. The van der Waals surface area contributed by atoms with Crippen LogP contribution < -0.4 is 5.32 Å². The highest BCUT2D eigenvalue weighted by Gasteiger charge is 2.42. The average Bonchev–Trinajstić information content (AvgIpc) is 2.22. The molecule has 2 N–H and O–H groups in total. The molecule has 0 aromatic rings. The standard InChI is InChI=1S/C10H18FNO5/c1-9(2,3)17-8(15)12-10(5-11,6-13)7(14)16-4/h13H,5-6H2,1-4H3,(H,12,15). The second-order valence-corrected chi connectivity index (χ2v) is 4.49. The zero-order valence-electron chi connectivity index (χ0n) is 10.4. The van der Waals surface area contributed by atoms with Gasteiger partial charge in [-0.1, -0.05) is 0 Å². The van der Waals surface area contributed by atoms with Gasteiger partial charge in [0.15, 0.2) is 5.54 Å². The van der Waals surface area contributed by atoms with Gasteiger partial charge in [0.05, 0.1) is 13.7 Å². The molecule has 7 heteroatoms. The maximum absolute atomic E-state index is 12.8. The van der Waals surface area contributed by atoms with Crippen LogP contribution in [0.3, 0.4) is 0 Å². The van der Waals surface area contributed by atoms with Crippen LogP contribution in [0.4, 0.5) is 9.18 Å². The van der Waals surface area contributed by atoms with Gasteiger partial charge < -0.3 is 19.9 Å². The Kier molecular flexibility index (Phi) is 5.34. The van der Waals surface area contributed by atoms with Crippen molar-refractivity contribution in [3.63, 3.8) is 0 Å². The van der Waals surface area contributed by atoms with E-state index in [4.69, 9.17) is 9.84 Å². The highest BCUT2D eigenvalue weighted by Crippen LogP contribution is 2.12. The number of alkyl halides is 1. The monoisotopic (exact) mass is 251 g/mol. The summed E-state index contributed by atoms with van der Waals surface area (Å²) < 4.78 is 22.0. The topological polar surface area (TPSA) is 84.9 Å². The van der Waals surface area contributed by atoms with E-state index in [1.54, 1.807) is 20.8 Å². The lowest BCUT2D eigenvalue weighted by Gasteiger charge is -2.28. The third kappa shape index (κ3) is 4.56. The molecule has 0 heterocycles. The summed E-state index contributed by atoms with van der Waals surface area (Å²) in [4.78, 5) is 22.7. The average molecular weight is 251 g/mol. The van der Waals surface area contributed by atoms with E-state index in [1.165, 1.54) is 0 Å². The normalized spacial score (nSPS) is 14.7. The van der Waals surface area contributed by atoms with Crippen LogP contribution in [0.25, 0.3) is 0 Å². The lowest BCUT2D eigenvalue weighted by atomic mass is 10.0. The maximum Gasteiger partial charge on any atom is 0.408 e. The molecular weight excluding hydrogens is 233 g/mol. The molecular formula is C10H18FNO5. The molecule has 0 saturated heterocycles. The van der Waals surface area contributed by atoms with Crippen LogP contribution in [0.5, 0.6) is 0 Å². The number of halogens is 1. The molecule has 6 nitrogen and oxygen atoms in total. The van der Waals surface area contributed by atoms with Crippen molar-refractivity contribution in [2.45, 2.75) is 31.9 Å². The van der Waals surface area contributed by atoms with Crippen molar-refractivity contribution in [1.82, 2.24) is 5.32 Å². The van der Waals surface area contributed by atoms with Gasteiger partial charge >= 0.3 is 12.1 Å². The van der Waals surface area contributed by atoms with Crippen LogP contribution in [0.2, 0.25) is 0 Å². The molecule has 0 aromatic carbocycles.